The van der Waals surface area contributed by atoms with Gasteiger partial charge in [0.05, 0.1) is 0 Å². The number of alkyl halides is 1. The Balaban J connectivity index is 1.93. The second kappa shape index (κ2) is 6.10. The van der Waals surface area contributed by atoms with Gasteiger partial charge in [0.15, 0.2) is 0 Å². The van der Waals surface area contributed by atoms with Crippen molar-refractivity contribution < 1.29 is 11.5 Å². The molecule has 0 amide bonds. The maximum absolute atomic E-state index is 14.1. The summed E-state index contributed by atoms with van der Waals surface area (Å²) in [5.41, 5.74) is 1.15. The second-order valence-corrected chi connectivity index (χ2v) is 7.40. The van der Waals surface area contributed by atoms with E-state index < -0.39 is 21.0 Å². The fourth-order valence-electron chi connectivity index (χ4n) is 2.91. The molecule has 0 bridgehead atoms. The quantitative estimate of drug-likeness (QED) is 0.826. The van der Waals surface area contributed by atoms with Gasteiger partial charge in [-0.2, -0.15) is 0 Å². The molecule has 4 nitrogen and oxygen atoms in total. The van der Waals surface area contributed by atoms with Crippen LogP contribution in [0.5, 0.6) is 0 Å². The van der Waals surface area contributed by atoms with E-state index in [2.05, 4.69) is 10.3 Å². The molecule has 2 atom stereocenters. The first-order chi connectivity index (χ1) is 10.5. The van der Waals surface area contributed by atoms with Gasteiger partial charge in [0.1, 0.15) is 0 Å². The van der Waals surface area contributed by atoms with Crippen molar-refractivity contribution in [2.45, 2.75) is 25.6 Å². The zero-order valence-electron chi connectivity index (χ0n) is 12.4. The average Bonchev–Trinajstić information content (AvgIpc) is 2.79. The summed E-state index contributed by atoms with van der Waals surface area (Å²) in [5, 5.41) is 3.11. The van der Waals surface area contributed by atoms with Crippen molar-refractivity contribution in [3.63, 3.8) is 0 Å². The Morgan fingerprint density at radius 1 is 1.41 bits per heavy atom. The normalized spacial score (nSPS) is 23.4. The summed E-state index contributed by atoms with van der Waals surface area (Å²) >= 11 is -3.79. The molecule has 2 aromatic heterocycles. The fourth-order valence-corrected chi connectivity index (χ4v) is 4.19. The Morgan fingerprint density at radius 3 is 2.86 bits per heavy atom. The number of hydrogen-bond acceptors (Lipinski definition) is 3. The van der Waals surface area contributed by atoms with Crippen LogP contribution in [-0.4, -0.2) is 61.4 Å². The van der Waals surface area contributed by atoms with Gasteiger partial charge < -0.3 is 0 Å². The van der Waals surface area contributed by atoms with Crippen LogP contribution in [0.25, 0.3) is 5.52 Å². The van der Waals surface area contributed by atoms with Crippen molar-refractivity contribution in [3.8, 4) is 0 Å². The van der Waals surface area contributed by atoms with Crippen LogP contribution >= 0.6 is 0 Å². The van der Waals surface area contributed by atoms with Crippen molar-refractivity contribution in [3.05, 3.63) is 24.0 Å². The molecule has 3 rings (SSSR count). The Kier molecular flexibility index (Phi) is 4.34. The van der Waals surface area contributed by atoms with Gasteiger partial charge in [-0.1, -0.05) is 0 Å². The van der Waals surface area contributed by atoms with Gasteiger partial charge in [0.2, 0.25) is 0 Å². The Morgan fingerprint density at radius 2 is 2.18 bits per heavy atom. The van der Waals surface area contributed by atoms with E-state index in [-0.39, 0.29) is 10.6 Å². The van der Waals surface area contributed by atoms with E-state index in [1.807, 2.05) is 11.9 Å². The predicted octanol–water partition coefficient (Wildman–Crippen LogP) is 1.73. The number of hydrogen-bond donors (Lipinski definition) is 1. The summed E-state index contributed by atoms with van der Waals surface area (Å²) in [6.45, 7) is 2.85. The number of halogens is 3. The van der Waals surface area contributed by atoms with Crippen LogP contribution in [0.15, 0.2) is 18.5 Å². The third-order valence-electron chi connectivity index (χ3n) is 4.04. The van der Waals surface area contributed by atoms with Gasteiger partial charge in [-0.3, -0.25) is 0 Å². The van der Waals surface area contributed by atoms with Crippen LogP contribution in [0.1, 0.15) is 12.0 Å². The minimum atomic E-state index is -3.79. The van der Waals surface area contributed by atoms with E-state index >= 15 is 0 Å². The van der Waals surface area contributed by atoms with Crippen molar-refractivity contribution in [1.82, 2.24) is 14.3 Å². The van der Waals surface area contributed by atoms with Crippen LogP contribution < -0.4 is 9.91 Å². The van der Waals surface area contributed by atoms with Crippen LogP contribution in [0.4, 0.5) is 17.3 Å². The van der Waals surface area contributed by atoms with Gasteiger partial charge in [0, 0.05) is 0 Å². The van der Waals surface area contributed by atoms with E-state index in [0.717, 1.165) is 6.54 Å². The third kappa shape index (κ3) is 2.83. The number of nitrogens with zero attached hydrogens (tertiary/aromatic N) is 3. The number of piperidine rings is 1. The van der Waals surface area contributed by atoms with E-state index in [1.54, 1.807) is 19.2 Å². The number of likely N-dealkylation sites (tertiary alicyclic amines) is 1. The van der Waals surface area contributed by atoms with Gasteiger partial charge in [-0.15, -0.1) is 0 Å². The molecule has 2 aromatic rings. The average molecular weight is 378 g/mol. The molecule has 0 aliphatic carbocycles. The molecule has 121 valence electrons. The predicted molar refractivity (Wildman–Crippen MR) is 82.0 cm³/mol. The summed E-state index contributed by atoms with van der Waals surface area (Å²) in [7, 11) is 1.89. The van der Waals surface area contributed by atoms with Gasteiger partial charge in [-0.05, 0) is 0 Å². The van der Waals surface area contributed by atoms with E-state index in [0.29, 0.717) is 29.9 Å². The molecule has 22 heavy (non-hydrogen) atoms. The molecule has 8 heteroatoms. The summed E-state index contributed by atoms with van der Waals surface area (Å²) in [4.78, 5) is 6.17. The Bertz CT molecular complexity index is 675. The van der Waals surface area contributed by atoms with E-state index in [4.69, 9.17) is 0 Å². The molecule has 1 aliphatic rings. The molecule has 1 saturated heterocycles. The van der Waals surface area contributed by atoms with Crippen molar-refractivity contribution in [2.24, 2.45) is 0 Å². The molecule has 1 aliphatic heterocycles. The monoisotopic (exact) mass is 379 g/mol. The second-order valence-electron chi connectivity index (χ2n) is 5.69. The molecule has 0 saturated carbocycles. The fraction of sp³-hybridized carbons (Fsp3) is 0.500. The molecule has 2 unspecified atom stereocenters. The summed E-state index contributed by atoms with van der Waals surface area (Å²) in [6, 6.07) is 1.36. The van der Waals surface area contributed by atoms with Crippen molar-refractivity contribution in [2.75, 3.05) is 25.5 Å². The number of nitrogens with one attached hydrogen (secondary N) is 1. The van der Waals surface area contributed by atoms with Gasteiger partial charge >= 0.3 is 132 Å². The number of rotatable bonds is 3. The first-order valence-corrected chi connectivity index (χ1v) is 9.25. The molecule has 0 spiro atoms. The summed E-state index contributed by atoms with van der Waals surface area (Å²) < 4.78 is 42.3. The van der Waals surface area contributed by atoms with E-state index in [9.17, 15) is 11.5 Å². The first kappa shape index (κ1) is 15.6. The van der Waals surface area contributed by atoms with Crippen LogP contribution in [0.3, 0.4) is 0 Å². The van der Waals surface area contributed by atoms with Crippen LogP contribution in [0.2, 0.25) is 0 Å². The number of aryl methyl sites for hydroxylation is 1. The van der Waals surface area contributed by atoms with Crippen LogP contribution in [-0.2, 0) is 0 Å². The number of anilines is 1. The molecular formula is C14H18F3N4Se. The third-order valence-corrected chi connectivity index (χ3v) is 5.75. The van der Waals surface area contributed by atoms with Crippen molar-refractivity contribution in [1.29, 1.82) is 0 Å². The Hall–Kier alpha value is -1.24. The van der Waals surface area contributed by atoms with E-state index in [1.165, 1.54) is 10.6 Å². The first-order valence-electron chi connectivity index (χ1n) is 7.10. The number of aromatic nitrogens is 2. The van der Waals surface area contributed by atoms with Gasteiger partial charge in [0.25, 0.3) is 0 Å². The molecule has 3 heterocycles. The SMILES string of the molecule is Cc1cc2c(NC3CCN(C)CC3F)nccn2c1[Se](F)F. The standard InChI is InChI=1S/C14H18F3N4Se/c1-9-7-12-13(18-4-6-21(12)14(9)22(16)17)19-11-3-5-20(2)8-10(11)15/h4,6-7,10-11H,3,5,8H2,1-2H3,(H,18,19). The summed E-state index contributed by atoms with van der Waals surface area (Å²) in [5.74, 6) is 0.473. The molecule has 0 aromatic carbocycles. The minimum absolute atomic E-state index is 0.0839. The molecule has 1 N–H and O–H groups in total. The van der Waals surface area contributed by atoms with Gasteiger partial charge in [-0.25, -0.2) is 0 Å². The molecule has 1 radical (unpaired) electrons. The van der Waals surface area contributed by atoms with Crippen molar-refractivity contribution >= 4 is 30.7 Å². The zero-order chi connectivity index (χ0) is 15.9. The van der Waals surface area contributed by atoms with Crippen LogP contribution in [0, 0.1) is 6.92 Å². The zero-order valence-corrected chi connectivity index (χ0v) is 14.1. The topological polar surface area (TPSA) is 32.6 Å². The molecular weight excluding hydrogens is 360 g/mol. The summed E-state index contributed by atoms with van der Waals surface area (Å²) in [6.07, 6.45) is 2.69. The number of fused-ring (bicyclic) bond motifs is 1. The molecule has 1 fully saturated rings. The Labute approximate surface area is 132 Å². The maximum atomic E-state index is 14.1.